The van der Waals surface area contributed by atoms with Crippen LogP contribution in [0.2, 0.25) is 0 Å². The van der Waals surface area contributed by atoms with E-state index in [1.165, 1.54) is 18.3 Å². The maximum absolute atomic E-state index is 10.6. The van der Waals surface area contributed by atoms with Gasteiger partial charge in [0, 0.05) is 25.4 Å². The van der Waals surface area contributed by atoms with Crippen LogP contribution in [0.4, 0.5) is 11.5 Å². The zero-order chi connectivity index (χ0) is 13.0. The second-order valence-electron chi connectivity index (χ2n) is 4.67. The third-order valence-electron chi connectivity index (χ3n) is 3.55. The second kappa shape index (κ2) is 5.77. The average Bonchev–Trinajstić information content (AvgIpc) is 2.84. The molecule has 0 radical (unpaired) electrons. The highest BCUT2D eigenvalue weighted by Gasteiger charge is 2.26. The van der Waals surface area contributed by atoms with E-state index in [1.54, 1.807) is 0 Å². The maximum Gasteiger partial charge on any atom is 0.274 e. The zero-order valence-electron chi connectivity index (χ0n) is 10.1. The quantitative estimate of drug-likeness (QED) is 0.615. The van der Waals surface area contributed by atoms with Gasteiger partial charge in [0.1, 0.15) is 5.82 Å². The number of anilines is 1. The molecule has 1 heterocycles. The highest BCUT2D eigenvalue weighted by molar-refractivity contribution is 5.44. The van der Waals surface area contributed by atoms with E-state index in [2.05, 4.69) is 10.3 Å². The molecule has 1 aromatic rings. The van der Waals surface area contributed by atoms with Crippen LogP contribution in [0.25, 0.3) is 0 Å². The van der Waals surface area contributed by atoms with Crippen molar-refractivity contribution in [1.29, 1.82) is 0 Å². The normalized spacial score (nSPS) is 22.9. The Kier molecular flexibility index (Phi) is 4.09. The fourth-order valence-electron chi connectivity index (χ4n) is 2.49. The van der Waals surface area contributed by atoms with Crippen LogP contribution in [0.1, 0.15) is 19.3 Å². The molecule has 6 nitrogen and oxygen atoms in total. The molecule has 1 saturated carbocycles. The SMILES string of the molecule is O=[N+]([O-])c1ccnc(NCC2CCCC2CO)c1. The molecule has 1 aliphatic carbocycles. The van der Waals surface area contributed by atoms with E-state index in [0.29, 0.717) is 24.2 Å². The van der Waals surface area contributed by atoms with Crippen LogP contribution in [0.3, 0.4) is 0 Å². The van der Waals surface area contributed by atoms with E-state index in [9.17, 15) is 15.2 Å². The lowest BCUT2D eigenvalue weighted by Gasteiger charge is -2.17. The molecule has 2 atom stereocenters. The Bertz CT molecular complexity index is 425. The van der Waals surface area contributed by atoms with Crippen LogP contribution in [0.5, 0.6) is 0 Å². The molecular weight excluding hydrogens is 234 g/mol. The molecule has 1 fully saturated rings. The van der Waals surface area contributed by atoms with E-state index in [-0.39, 0.29) is 12.3 Å². The van der Waals surface area contributed by atoms with E-state index >= 15 is 0 Å². The lowest BCUT2D eigenvalue weighted by Crippen LogP contribution is -2.21. The number of hydrogen-bond acceptors (Lipinski definition) is 5. The molecule has 0 aliphatic heterocycles. The van der Waals surface area contributed by atoms with Crippen molar-refractivity contribution < 1.29 is 10.0 Å². The van der Waals surface area contributed by atoms with Gasteiger partial charge in [-0.05, 0) is 24.7 Å². The molecule has 0 saturated heterocycles. The Balaban J connectivity index is 1.93. The van der Waals surface area contributed by atoms with E-state index in [1.807, 2.05) is 0 Å². The van der Waals surface area contributed by atoms with Gasteiger partial charge in [0.2, 0.25) is 0 Å². The van der Waals surface area contributed by atoms with Crippen LogP contribution in [-0.2, 0) is 0 Å². The molecule has 0 bridgehead atoms. The Morgan fingerprint density at radius 1 is 1.50 bits per heavy atom. The average molecular weight is 251 g/mol. The molecule has 0 amide bonds. The molecule has 2 rings (SSSR count). The van der Waals surface area contributed by atoms with Crippen LogP contribution in [-0.4, -0.2) is 28.2 Å². The molecular formula is C12H17N3O3. The highest BCUT2D eigenvalue weighted by Crippen LogP contribution is 2.31. The predicted molar refractivity (Wildman–Crippen MR) is 67.3 cm³/mol. The van der Waals surface area contributed by atoms with Gasteiger partial charge >= 0.3 is 0 Å². The molecule has 2 unspecified atom stereocenters. The Morgan fingerprint density at radius 3 is 3.00 bits per heavy atom. The molecule has 1 aromatic heterocycles. The van der Waals surface area contributed by atoms with E-state index in [0.717, 1.165) is 19.3 Å². The van der Waals surface area contributed by atoms with Crippen LogP contribution in [0, 0.1) is 22.0 Å². The largest absolute Gasteiger partial charge is 0.396 e. The smallest absolute Gasteiger partial charge is 0.274 e. The number of aliphatic hydroxyl groups excluding tert-OH is 1. The van der Waals surface area contributed by atoms with Crippen molar-refractivity contribution in [1.82, 2.24) is 4.98 Å². The predicted octanol–water partition coefficient (Wildman–Crippen LogP) is 1.81. The van der Waals surface area contributed by atoms with Crippen molar-refractivity contribution in [3.05, 3.63) is 28.4 Å². The van der Waals surface area contributed by atoms with E-state index in [4.69, 9.17) is 0 Å². The molecule has 98 valence electrons. The first-order valence-corrected chi connectivity index (χ1v) is 6.16. The number of pyridine rings is 1. The lowest BCUT2D eigenvalue weighted by atomic mass is 9.97. The van der Waals surface area contributed by atoms with Gasteiger partial charge in [0.05, 0.1) is 11.0 Å². The minimum atomic E-state index is -0.432. The Labute approximate surface area is 105 Å². The van der Waals surface area contributed by atoms with Crippen LogP contribution < -0.4 is 5.32 Å². The summed E-state index contributed by atoms with van der Waals surface area (Å²) in [6.07, 6.45) is 4.72. The van der Waals surface area contributed by atoms with Crippen molar-refractivity contribution in [3.63, 3.8) is 0 Å². The zero-order valence-corrected chi connectivity index (χ0v) is 10.1. The minimum Gasteiger partial charge on any atom is -0.396 e. The summed E-state index contributed by atoms with van der Waals surface area (Å²) in [5.41, 5.74) is 0.0395. The van der Waals surface area contributed by atoms with Gasteiger partial charge in [0.15, 0.2) is 0 Å². The molecule has 6 heteroatoms. The topological polar surface area (TPSA) is 88.3 Å². The Morgan fingerprint density at radius 2 is 2.28 bits per heavy atom. The number of nitrogens with zero attached hydrogens (tertiary/aromatic N) is 2. The van der Waals surface area contributed by atoms with Crippen molar-refractivity contribution >= 4 is 11.5 Å². The number of aliphatic hydroxyl groups is 1. The number of nitro groups is 1. The lowest BCUT2D eigenvalue weighted by molar-refractivity contribution is -0.384. The summed E-state index contributed by atoms with van der Waals surface area (Å²) >= 11 is 0. The van der Waals surface area contributed by atoms with Gasteiger partial charge < -0.3 is 10.4 Å². The summed E-state index contributed by atoms with van der Waals surface area (Å²) in [7, 11) is 0. The van der Waals surface area contributed by atoms with Crippen molar-refractivity contribution in [2.24, 2.45) is 11.8 Å². The number of rotatable bonds is 5. The van der Waals surface area contributed by atoms with Crippen molar-refractivity contribution in [2.75, 3.05) is 18.5 Å². The molecule has 0 spiro atoms. The van der Waals surface area contributed by atoms with Gasteiger partial charge in [-0.25, -0.2) is 4.98 Å². The molecule has 18 heavy (non-hydrogen) atoms. The Hall–Kier alpha value is -1.69. The third kappa shape index (κ3) is 2.95. The van der Waals surface area contributed by atoms with Gasteiger partial charge in [-0.3, -0.25) is 10.1 Å². The number of hydrogen-bond donors (Lipinski definition) is 2. The second-order valence-corrected chi connectivity index (χ2v) is 4.67. The van der Waals surface area contributed by atoms with E-state index < -0.39 is 4.92 Å². The summed E-state index contributed by atoms with van der Waals surface area (Å²) in [6.45, 7) is 0.925. The first kappa shape index (κ1) is 12.8. The van der Waals surface area contributed by atoms with Crippen molar-refractivity contribution in [3.8, 4) is 0 Å². The highest BCUT2D eigenvalue weighted by atomic mass is 16.6. The minimum absolute atomic E-state index is 0.0395. The summed E-state index contributed by atoms with van der Waals surface area (Å²) in [5.74, 6) is 1.29. The standard InChI is InChI=1S/C12H17N3O3/c16-8-10-3-1-2-9(10)7-14-12-6-11(15(17)18)4-5-13-12/h4-6,9-10,16H,1-3,7-8H2,(H,13,14). The number of nitrogens with one attached hydrogen (secondary N) is 1. The van der Waals surface area contributed by atoms with Gasteiger partial charge in [-0.15, -0.1) is 0 Å². The monoisotopic (exact) mass is 251 g/mol. The van der Waals surface area contributed by atoms with Gasteiger partial charge in [-0.2, -0.15) is 0 Å². The van der Waals surface area contributed by atoms with Gasteiger partial charge in [-0.1, -0.05) is 6.42 Å². The fourth-order valence-corrected chi connectivity index (χ4v) is 2.49. The first-order chi connectivity index (χ1) is 8.70. The maximum atomic E-state index is 10.6. The molecule has 0 aromatic carbocycles. The fraction of sp³-hybridized carbons (Fsp3) is 0.583. The summed E-state index contributed by atoms with van der Waals surface area (Å²) in [5, 5.41) is 23.0. The van der Waals surface area contributed by atoms with Crippen LogP contribution >= 0.6 is 0 Å². The molecule has 1 aliphatic rings. The first-order valence-electron chi connectivity index (χ1n) is 6.16. The summed E-state index contributed by atoms with van der Waals surface area (Å²) < 4.78 is 0. The summed E-state index contributed by atoms with van der Waals surface area (Å²) in [6, 6.07) is 2.81. The number of aromatic nitrogens is 1. The van der Waals surface area contributed by atoms with Gasteiger partial charge in [0.25, 0.3) is 5.69 Å². The third-order valence-corrected chi connectivity index (χ3v) is 3.55. The summed E-state index contributed by atoms with van der Waals surface area (Å²) in [4.78, 5) is 14.3. The molecule has 2 N–H and O–H groups in total. The van der Waals surface area contributed by atoms with Crippen LogP contribution in [0.15, 0.2) is 18.3 Å². The van der Waals surface area contributed by atoms with Crippen molar-refractivity contribution in [2.45, 2.75) is 19.3 Å².